The normalized spacial score (nSPS) is 10.6. The first-order valence-electron chi connectivity index (χ1n) is 5.84. The number of furan rings is 1. The Morgan fingerprint density at radius 2 is 2.00 bits per heavy atom. The predicted molar refractivity (Wildman–Crippen MR) is 74.8 cm³/mol. The summed E-state index contributed by atoms with van der Waals surface area (Å²) in [6.07, 6.45) is 3.59. The lowest BCUT2D eigenvalue weighted by Gasteiger charge is -2.03. The molecular weight excluding hydrogens is 299 g/mol. The minimum absolute atomic E-state index is 0.0522. The molecule has 0 spiro atoms. The number of rotatable bonds is 3. The number of hydrogen-bond donors (Lipinski definition) is 2. The van der Waals surface area contributed by atoms with Gasteiger partial charge in [-0.1, -0.05) is 17.7 Å². The van der Waals surface area contributed by atoms with Crippen molar-refractivity contribution in [1.82, 2.24) is 10.9 Å². The second kappa shape index (κ2) is 6.71. The molecule has 0 unspecified atom stereocenters. The van der Waals surface area contributed by atoms with Crippen molar-refractivity contribution in [3.63, 3.8) is 0 Å². The van der Waals surface area contributed by atoms with Gasteiger partial charge in [-0.25, -0.2) is 4.39 Å². The highest BCUT2D eigenvalue weighted by Crippen LogP contribution is 2.20. The molecule has 2 rings (SSSR count). The van der Waals surface area contributed by atoms with Crippen LogP contribution < -0.4 is 10.9 Å². The number of benzene rings is 1. The Kier molecular flexibility index (Phi) is 4.73. The van der Waals surface area contributed by atoms with Crippen LogP contribution in [0.1, 0.15) is 16.1 Å². The Morgan fingerprint density at radius 3 is 2.67 bits per heavy atom. The summed E-state index contributed by atoms with van der Waals surface area (Å²) < 4.78 is 18.3. The maximum Gasteiger partial charge on any atom is 0.305 e. The second-order valence-corrected chi connectivity index (χ2v) is 4.30. The van der Waals surface area contributed by atoms with Crippen molar-refractivity contribution in [3.05, 3.63) is 64.8 Å². The predicted octanol–water partition coefficient (Wildman–Crippen LogP) is 2.55. The fourth-order valence-corrected chi connectivity index (χ4v) is 1.68. The Bertz CT molecular complexity index is 663. The van der Waals surface area contributed by atoms with Crippen molar-refractivity contribution in [1.29, 1.82) is 0 Å². The van der Waals surface area contributed by atoms with Crippen molar-refractivity contribution < 1.29 is 18.4 Å². The van der Waals surface area contributed by atoms with Gasteiger partial charge in [0.05, 0.1) is 11.3 Å². The SMILES string of the molecule is O=C(/C=C/c1c(F)cccc1Cl)NNC(=O)c1ccco1. The van der Waals surface area contributed by atoms with E-state index in [0.717, 1.165) is 6.08 Å². The van der Waals surface area contributed by atoms with Gasteiger partial charge in [-0.3, -0.25) is 20.4 Å². The third kappa shape index (κ3) is 3.93. The summed E-state index contributed by atoms with van der Waals surface area (Å²) in [6.45, 7) is 0. The summed E-state index contributed by atoms with van der Waals surface area (Å²) in [5.41, 5.74) is 4.36. The molecule has 2 N–H and O–H groups in total. The maximum atomic E-state index is 13.5. The van der Waals surface area contributed by atoms with E-state index in [1.807, 2.05) is 0 Å². The average Bonchev–Trinajstić information content (AvgIpc) is 2.98. The van der Waals surface area contributed by atoms with Crippen molar-refractivity contribution in [3.8, 4) is 0 Å². The average molecular weight is 309 g/mol. The maximum absolute atomic E-state index is 13.5. The highest BCUT2D eigenvalue weighted by molar-refractivity contribution is 6.32. The van der Waals surface area contributed by atoms with E-state index in [9.17, 15) is 14.0 Å². The number of nitrogens with one attached hydrogen (secondary N) is 2. The topological polar surface area (TPSA) is 71.3 Å². The number of carbonyl (C=O) groups is 2. The van der Waals surface area contributed by atoms with Crippen molar-refractivity contribution in [2.75, 3.05) is 0 Å². The molecule has 0 atom stereocenters. The first-order chi connectivity index (χ1) is 10.1. The number of carbonyl (C=O) groups excluding carboxylic acids is 2. The molecule has 0 aliphatic carbocycles. The van der Waals surface area contributed by atoms with Crippen LogP contribution in [0.5, 0.6) is 0 Å². The van der Waals surface area contributed by atoms with E-state index in [1.165, 1.54) is 42.7 Å². The molecule has 0 aliphatic rings. The van der Waals surface area contributed by atoms with Crippen LogP contribution in [-0.4, -0.2) is 11.8 Å². The molecule has 5 nitrogen and oxygen atoms in total. The molecule has 1 heterocycles. The van der Waals surface area contributed by atoms with Crippen LogP contribution in [0.25, 0.3) is 6.08 Å². The van der Waals surface area contributed by atoms with Crippen LogP contribution in [0.15, 0.2) is 47.1 Å². The van der Waals surface area contributed by atoms with E-state index >= 15 is 0 Å². The summed E-state index contributed by atoms with van der Waals surface area (Å²) in [6, 6.07) is 7.16. The summed E-state index contributed by atoms with van der Waals surface area (Å²) in [4.78, 5) is 23.0. The summed E-state index contributed by atoms with van der Waals surface area (Å²) in [7, 11) is 0. The number of halogens is 2. The van der Waals surface area contributed by atoms with E-state index in [1.54, 1.807) is 0 Å². The minimum Gasteiger partial charge on any atom is -0.459 e. The van der Waals surface area contributed by atoms with E-state index in [2.05, 4.69) is 10.9 Å². The quantitative estimate of drug-likeness (QED) is 0.676. The van der Waals surface area contributed by atoms with Crippen LogP contribution in [0.3, 0.4) is 0 Å². The van der Waals surface area contributed by atoms with Gasteiger partial charge in [-0.15, -0.1) is 0 Å². The molecule has 0 bridgehead atoms. The molecule has 0 aliphatic heterocycles. The molecule has 2 aromatic rings. The van der Waals surface area contributed by atoms with Gasteiger partial charge in [0.1, 0.15) is 5.82 Å². The minimum atomic E-state index is -0.644. The standard InChI is InChI=1S/C14H10ClFN2O3/c15-10-3-1-4-11(16)9(10)6-7-13(19)17-18-14(20)12-5-2-8-21-12/h1-8H,(H,17,19)(H,18,20)/b7-6+. The molecule has 0 fully saturated rings. The third-order valence-corrected chi connectivity index (χ3v) is 2.77. The monoisotopic (exact) mass is 308 g/mol. The van der Waals surface area contributed by atoms with Crippen LogP contribution in [0, 0.1) is 5.82 Å². The van der Waals surface area contributed by atoms with Crippen LogP contribution in [0.2, 0.25) is 5.02 Å². The lowest BCUT2D eigenvalue weighted by atomic mass is 10.2. The van der Waals surface area contributed by atoms with Crippen LogP contribution in [-0.2, 0) is 4.79 Å². The Labute approximate surface area is 124 Å². The summed E-state index contributed by atoms with van der Waals surface area (Å²) in [5, 5.41) is 0.179. The highest BCUT2D eigenvalue weighted by Gasteiger charge is 2.08. The molecule has 0 saturated heterocycles. The Balaban J connectivity index is 1.93. The van der Waals surface area contributed by atoms with Crippen molar-refractivity contribution in [2.45, 2.75) is 0 Å². The molecule has 2 amide bonds. The van der Waals surface area contributed by atoms with Gasteiger partial charge in [0.15, 0.2) is 5.76 Å². The third-order valence-electron chi connectivity index (χ3n) is 2.45. The Hall–Kier alpha value is -2.60. The number of amides is 2. The van der Waals surface area contributed by atoms with E-state index in [-0.39, 0.29) is 16.3 Å². The lowest BCUT2D eigenvalue weighted by molar-refractivity contribution is -0.117. The van der Waals surface area contributed by atoms with Crippen molar-refractivity contribution >= 4 is 29.5 Å². The first-order valence-corrected chi connectivity index (χ1v) is 6.21. The molecule has 0 radical (unpaired) electrons. The zero-order valence-electron chi connectivity index (χ0n) is 10.6. The van der Waals surface area contributed by atoms with Gasteiger partial charge in [-0.05, 0) is 30.3 Å². The van der Waals surface area contributed by atoms with Gasteiger partial charge in [0.2, 0.25) is 0 Å². The molecular formula is C14H10ClFN2O3. The second-order valence-electron chi connectivity index (χ2n) is 3.89. The fraction of sp³-hybridized carbons (Fsp3) is 0. The van der Waals surface area contributed by atoms with Crippen LogP contribution in [0.4, 0.5) is 4.39 Å². The largest absolute Gasteiger partial charge is 0.459 e. The smallest absolute Gasteiger partial charge is 0.305 e. The van der Waals surface area contributed by atoms with E-state index in [0.29, 0.717) is 0 Å². The molecule has 0 saturated carbocycles. The Morgan fingerprint density at radius 1 is 1.19 bits per heavy atom. The van der Waals surface area contributed by atoms with Gasteiger partial charge in [0.25, 0.3) is 5.91 Å². The zero-order valence-corrected chi connectivity index (χ0v) is 11.4. The van der Waals surface area contributed by atoms with E-state index in [4.69, 9.17) is 16.0 Å². The lowest BCUT2D eigenvalue weighted by Crippen LogP contribution is -2.40. The first kappa shape index (κ1) is 14.8. The molecule has 7 heteroatoms. The molecule has 1 aromatic heterocycles. The van der Waals surface area contributed by atoms with Gasteiger partial charge >= 0.3 is 5.91 Å². The van der Waals surface area contributed by atoms with Gasteiger partial charge < -0.3 is 4.42 Å². The zero-order chi connectivity index (χ0) is 15.2. The summed E-state index contributed by atoms with van der Waals surface area (Å²) >= 11 is 5.80. The molecule has 1 aromatic carbocycles. The van der Waals surface area contributed by atoms with E-state index < -0.39 is 17.6 Å². The fourth-order valence-electron chi connectivity index (χ4n) is 1.46. The summed E-state index contributed by atoms with van der Waals surface area (Å²) in [5.74, 6) is -1.75. The van der Waals surface area contributed by atoms with Gasteiger partial charge in [0, 0.05) is 11.6 Å². The molecule has 108 valence electrons. The van der Waals surface area contributed by atoms with Crippen molar-refractivity contribution in [2.24, 2.45) is 0 Å². The highest BCUT2D eigenvalue weighted by atomic mass is 35.5. The van der Waals surface area contributed by atoms with Crippen LogP contribution >= 0.6 is 11.6 Å². The molecule has 21 heavy (non-hydrogen) atoms. The number of hydrogen-bond acceptors (Lipinski definition) is 3. The van der Waals surface area contributed by atoms with Gasteiger partial charge in [-0.2, -0.15) is 0 Å². The number of hydrazine groups is 1.